The second-order valence-corrected chi connectivity index (χ2v) is 9.37. The minimum absolute atomic E-state index is 0.0715. The molecule has 1 aromatic heterocycles. The van der Waals surface area contributed by atoms with E-state index >= 15 is 0 Å². The van der Waals surface area contributed by atoms with Crippen LogP contribution in [0.5, 0.6) is 0 Å². The molecule has 1 saturated carbocycles. The van der Waals surface area contributed by atoms with Gasteiger partial charge in [-0.1, -0.05) is 31.4 Å². The molecule has 2 saturated heterocycles. The van der Waals surface area contributed by atoms with Gasteiger partial charge in [-0.25, -0.2) is 0 Å². The molecular weight excluding hydrogens is 368 g/mol. The molecule has 2 aliphatic heterocycles. The number of hydrogen-bond acceptors (Lipinski definition) is 5. The van der Waals surface area contributed by atoms with Crippen molar-refractivity contribution in [3.8, 4) is 0 Å². The predicted octanol–water partition coefficient (Wildman–Crippen LogP) is 1.42. The van der Waals surface area contributed by atoms with Crippen molar-refractivity contribution in [1.82, 2.24) is 30.1 Å². The molecule has 160 valence electrons. The number of piperidine rings is 1. The van der Waals surface area contributed by atoms with Crippen molar-refractivity contribution in [3.63, 3.8) is 0 Å². The van der Waals surface area contributed by atoms with E-state index in [4.69, 9.17) is 0 Å². The number of carbonyl (C=O) groups excluding carboxylic acids is 2. The number of nitrogens with one attached hydrogen (secondary N) is 1. The molecule has 0 spiro atoms. The van der Waals surface area contributed by atoms with Gasteiger partial charge in [0.2, 0.25) is 11.8 Å². The molecule has 0 bridgehead atoms. The maximum Gasteiger partial charge on any atom is 0.234 e. The summed E-state index contributed by atoms with van der Waals surface area (Å²) in [6, 6.07) is 0. The van der Waals surface area contributed by atoms with E-state index in [0.717, 1.165) is 57.6 Å². The summed E-state index contributed by atoms with van der Waals surface area (Å²) in [4.78, 5) is 28.9. The van der Waals surface area contributed by atoms with Gasteiger partial charge in [0, 0.05) is 50.9 Å². The van der Waals surface area contributed by atoms with Gasteiger partial charge in [-0.3, -0.25) is 19.2 Å². The van der Waals surface area contributed by atoms with Crippen molar-refractivity contribution >= 4 is 11.8 Å². The first-order valence-corrected chi connectivity index (χ1v) is 11.2. The van der Waals surface area contributed by atoms with E-state index < -0.39 is 0 Å². The van der Waals surface area contributed by atoms with Crippen LogP contribution < -0.4 is 5.32 Å². The van der Waals surface area contributed by atoms with Crippen LogP contribution >= 0.6 is 0 Å². The molecule has 3 heterocycles. The number of aromatic nitrogens is 3. The highest BCUT2D eigenvalue weighted by Crippen LogP contribution is 2.38. The van der Waals surface area contributed by atoms with Crippen LogP contribution in [-0.2, 0) is 22.7 Å². The van der Waals surface area contributed by atoms with Gasteiger partial charge in [0.1, 0.15) is 0 Å². The second kappa shape index (κ2) is 8.81. The monoisotopic (exact) mass is 402 g/mol. The third-order valence-corrected chi connectivity index (χ3v) is 6.81. The van der Waals surface area contributed by atoms with Gasteiger partial charge >= 0.3 is 0 Å². The van der Waals surface area contributed by atoms with Crippen LogP contribution in [0.1, 0.15) is 57.6 Å². The summed E-state index contributed by atoms with van der Waals surface area (Å²) < 4.78 is 1.92. The Hall–Kier alpha value is -1.96. The molecule has 3 fully saturated rings. The lowest BCUT2D eigenvalue weighted by atomic mass is 9.74. The molecule has 1 aromatic rings. The number of carbonyl (C=O) groups is 2. The Morgan fingerprint density at radius 2 is 2.07 bits per heavy atom. The van der Waals surface area contributed by atoms with Crippen molar-refractivity contribution in [1.29, 1.82) is 0 Å². The third-order valence-electron chi connectivity index (χ3n) is 6.81. The van der Waals surface area contributed by atoms with Gasteiger partial charge in [-0.15, -0.1) is 5.10 Å². The highest BCUT2D eigenvalue weighted by molar-refractivity contribution is 5.82. The van der Waals surface area contributed by atoms with Gasteiger partial charge in [0.25, 0.3) is 0 Å². The maximum absolute atomic E-state index is 13.2. The zero-order valence-electron chi connectivity index (χ0n) is 17.6. The molecule has 0 unspecified atom stereocenters. The molecule has 4 rings (SSSR count). The first-order valence-electron chi connectivity index (χ1n) is 11.2. The average Bonchev–Trinajstić information content (AvgIpc) is 3.15. The molecule has 1 aliphatic carbocycles. The van der Waals surface area contributed by atoms with E-state index in [0.29, 0.717) is 31.5 Å². The van der Waals surface area contributed by atoms with Crippen molar-refractivity contribution in [2.24, 2.45) is 11.3 Å². The molecule has 1 atom stereocenters. The van der Waals surface area contributed by atoms with Crippen molar-refractivity contribution < 1.29 is 9.59 Å². The number of likely N-dealkylation sites (tertiary alicyclic amines) is 1. The molecule has 8 heteroatoms. The van der Waals surface area contributed by atoms with E-state index in [9.17, 15) is 9.59 Å². The minimum atomic E-state index is -0.151. The lowest BCUT2D eigenvalue weighted by Gasteiger charge is -2.40. The Labute approximate surface area is 173 Å². The number of rotatable bonds is 5. The Bertz CT molecular complexity index is 727. The van der Waals surface area contributed by atoms with Gasteiger partial charge in [0.15, 0.2) is 0 Å². The van der Waals surface area contributed by atoms with E-state index in [-0.39, 0.29) is 11.3 Å². The minimum Gasteiger partial charge on any atom is -0.354 e. The number of amides is 2. The molecule has 3 aliphatic rings. The fourth-order valence-electron chi connectivity index (χ4n) is 5.15. The molecule has 0 aromatic carbocycles. The largest absolute Gasteiger partial charge is 0.354 e. The Kier molecular flexibility index (Phi) is 6.18. The standard InChI is InChI=1S/C21H34N6O2/c1-21(7-3-2-4-8-21)20(29)26-10-5-6-17(12-26)13-27-15-18(23-24-27)14-25-11-9-22-19(28)16-25/h15,17H,2-14,16H2,1H3,(H,22,28)/t17-/m1/s1. The summed E-state index contributed by atoms with van der Waals surface area (Å²) in [7, 11) is 0. The lowest BCUT2D eigenvalue weighted by molar-refractivity contribution is -0.145. The summed E-state index contributed by atoms with van der Waals surface area (Å²) in [5, 5.41) is 11.4. The van der Waals surface area contributed by atoms with Crippen molar-refractivity contribution in [3.05, 3.63) is 11.9 Å². The predicted molar refractivity (Wildman–Crippen MR) is 109 cm³/mol. The van der Waals surface area contributed by atoms with Gasteiger partial charge in [-0.2, -0.15) is 0 Å². The quantitative estimate of drug-likeness (QED) is 0.805. The van der Waals surface area contributed by atoms with E-state index in [1.807, 2.05) is 10.9 Å². The van der Waals surface area contributed by atoms with Crippen LogP contribution in [-0.4, -0.2) is 69.3 Å². The highest BCUT2D eigenvalue weighted by atomic mass is 16.2. The summed E-state index contributed by atoms with van der Waals surface area (Å²) in [5.41, 5.74) is 0.750. The zero-order valence-corrected chi connectivity index (χ0v) is 17.6. The Balaban J connectivity index is 1.31. The van der Waals surface area contributed by atoms with Crippen LogP contribution in [0.25, 0.3) is 0 Å². The summed E-state index contributed by atoms with van der Waals surface area (Å²) in [5.74, 6) is 0.863. The van der Waals surface area contributed by atoms with E-state index in [1.165, 1.54) is 19.3 Å². The fraction of sp³-hybridized carbons (Fsp3) is 0.810. The summed E-state index contributed by atoms with van der Waals surface area (Å²) in [6.45, 7) is 7.30. The molecule has 8 nitrogen and oxygen atoms in total. The van der Waals surface area contributed by atoms with Crippen LogP contribution in [0.4, 0.5) is 0 Å². The highest BCUT2D eigenvalue weighted by Gasteiger charge is 2.39. The molecular formula is C21H34N6O2. The molecule has 1 N–H and O–H groups in total. The first kappa shape index (κ1) is 20.3. The second-order valence-electron chi connectivity index (χ2n) is 9.37. The van der Waals surface area contributed by atoms with Gasteiger partial charge < -0.3 is 10.2 Å². The Morgan fingerprint density at radius 1 is 1.24 bits per heavy atom. The smallest absolute Gasteiger partial charge is 0.234 e. The Morgan fingerprint density at radius 3 is 2.86 bits per heavy atom. The van der Waals surface area contributed by atoms with Gasteiger partial charge in [0.05, 0.1) is 12.2 Å². The van der Waals surface area contributed by atoms with E-state index in [1.54, 1.807) is 0 Å². The van der Waals surface area contributed by atoms with Crippen molar-refractivity contribution in [2.45, 2.75) is 65.0 Å². The maximum atomic E-state index is 13.2. The van der Waals surface area contributed by atoms with Crippen LogP contribution in [0, 0.1) is 11.3 Å². The summed E-state index contributed by atoms with van der Waals surface area (Å²) in [6.07, 6.45) is 9.89. The lowest BCUT2D eigenvalue weighted by Crippen LogP contribution is -2.48. The average molecular weight is 403 g/mol. The molecule has 2 amide bonds. The SMILES string of the molecule is CC1(C(=O)N2CCC[C@@H](Cn3cc(CN4CCNC(=O)C4)nn3)C2)CCCCC1. The van der Waals surface area contributed by atoms with Crippen LogP contribution in [0.2, 0.25) is 0 Å². The van der Waals surface area contributed by atoms with Crippen LogP contribution in [0.15, 0.2) is 6.20 Å². The third kappa shape index (κ3) is 4.97. The van der Waals surface area contributed by atoms with Crippen molar-refractivity contribution in [2.75, 3.05) is 32.7 Å². The molecule has 29 heavy (non-hydrogen) atoms. The summed E-state index contributed by atoms with van der Waals surface area (Å²) >= 11 is 0. The number of piperazine rings is 1. The van der Waals surface area contributed by atoms with Crippen LogP contribution in [0.3, 0.4) is 0 Å². The van der Waals surface area contributed by atoms with E-state index in [2.05, 4.69) is 32.4 Å². The number of nitrogens with zero attached hydrogens (tertiary/aromatic N) is 5. The first-order chi connectivity index (χ1) is 14.0. The van der Waals surface area contributed by atoms with Gasteiger partial charge in [-0.05, 0) is 31.6 Å². The zero-order chi connectivity index (χ0) is 20.3. The fourth-order valence-corrected chi connectivity index (χ4v) is 5.15. The number of hydrogen-bond donors (Lipinski definition) is 1. The topological polar surface area (TPSA) is 83.4 Å². The molecule has 0 radical (unpaired) electrons. The normalized spacial score (nSPS) is 25.6.